The lowest BCUT2D eigenvalue weighted by atomic mass is 9.96. The number of halogens is 1. The summed E-state index contributed by atoms with van der Waals surface area (Å²) in [6.45, 7) is 0.652. The van der Waals surface area contributed by atoms with Gasteiger partial charge in [0.1, 0.15) is 0 Å². The maximum absolute atomic E-state index is 12.5. The molecule has 2 N–H and O–H groups in total. The highest BCUT2D eigenvalue weighted by atomic mass is 79.9. The first-order valence-electron chi connectivity index (χ1n) is 6.98. The van der Waals surface area contributed by atoms with Crippen molar-refractivity contribution in [3.05, 3.63) is 28.2 Å². The van der Waals surface area contributed by atoms with E-state index >= 15 is 0 Å². The Hall–Kier alpha value is -0.430. The summed E-state index contributed by atoms with van der Waals surface area (Å²) >= 11 is 3.34. The third-order valence-corrected chi connectivity index (χ3v) is 6.11. The van der Waals surface area contributed by atoms with E-state index < -0.39 is 10.0 Å². The van der Waals surface area contributed by atoms with E-state index in [1.54, 1.807) is 12.1 Å². The molecule has 0 saturated heterocycles. The fourth-order valence-electron chi connectivity index (χ4n) is 2.57. The van der Waals surface area contributed by atoms with E-state index in [1.807, 2.05) is 13.1 Å². The van der Waals surface area contributed by atoms with Gasteiger partial charge in [-0.2, -0.15) is 0 Å². The normalized spacial score (nSPS) is 17.3. The smallest absolute Gasteiger partial charge is 0.241 e. The lowest BCUT2D eigenvalue weighted by Crippen LogP contribution is -2.36. The van der Waals surface area contributed by atoms with E-state index in [0.29, 0.717) is 15.9 Å². The molecule has 4 nitrogen and oxygen atoms in total. The molecule has 0 radical (unpaired) electrons. The number of nitrogens with one attached hydrogen (secondary N) is 2. The minimum absolute atomic E-state index is 0.0774. The zero-order chi connectivity index (χ0) is 14.6. The molecule has 20 heavy (non-hydrogen) atoms. The molecule has 112 valence electrons. The van der Waals surface area contributed by atoms with Gasteiger partial charge < -0.3 is 5.32 Å². The molecule has 0 spiro atoms. The van der Waals surface area contributed by atoms with Gasteiger partial charge in [0.15, 0.2) is 0 Å². The molecule has 1 fully saturated rings. The number of sulfonamides is 1. The van der Waals surface area contributed by atoms with Gasteiger partial charge in [0, 0.05) is 17.1 Å². The molecule has 0 bridgehead atoms. The van der Waals surface area contributed by atoms with Gasteiger partial charge in [-0.05, 0) is 53.5 Å². The van der Waals surface area contributed by atoms with E-state index in [2.05, 4.69) is 26.0 Å². The van der Waals surface area contributed by atoms with E-state index in [0.717, 1.165) is 31.2 Å². The Kier molecular flexibility index (Phi) is 5.60. The Morgan fingerprint density at radius 2 is 1.95 bits per heavy atom. The first-order valence-corrected chi connectivity index (χ1v) is 9.26. The summed E-state index contributed by atoms with van der Waals surface area (Å²) in [4.78, 5) is 0.329. The predicted octanol–water partition coefficient (Wildman–Crippen LogP) is 2.78. The summed E-state index contributed by atoms with van der Waals surface area (Å²) in [7, 11) is -1.61. The van der Waals surface area contributed by atoms with Crippen LogP contribution in [0.25, 0.3) is 0 Å². The Balaban J connectivity index is 2.21. The van der Waals surface area contributed by atoms with Gasteiger partial charge in [-0.25, -0.2) is 13.1 Å². The predicted molar refractivity (Wildman–Crippen MR) is 84.1 cm³/mol. The van der Waals surface area contributed by atoms with Crippen LogP contribution >= 0.6 is 15.9 Å². The zero-order valence-corrected chi connectivity index (χ0v) is 14.1. The average Bonchev–Trinajstić information content (AvgIpc) is 2.42. The third-order valence-electron chi connectivity index (χ3n) is 3.59. The summed E-state index contributed by atoms with van der Waals surface area (Å²) in [5, 5.41) is 3.03. The molecule has 0 unspecified atom stereocenters. The van der Waals surface area contributed by atoms with E-state index in [-0.39, 0.29) is 6.04 Å². The highest BCUT2D eigenvalue weighted by molar-refractivity contribution is 9.10. The second-order valence-corrected chi connectivity index (χ2v) is 7.79. The highest BCUT2D eigenvalue weighted by Crippen LogP contribution is 2.25. The molecule has 1 aromatic rings. The minimum atomic E-state index is -3.46. The van der Waals surface area contributed by atoms with Gasteiger partial charge in [-0.15, -0.1) is 0 Å². The number of hydrogen-bond donors (Lipinski definition) is 2. The molecule has 0 amide bonds. The van der Waals surface area contributed by atoms with Crippen molar-refractivity contribution >= 4 is 26.0 Å². The zero-order valence-electron chi connectivity index (χ0n) is 11.7. The van der Waals surface area contributed by atoms with Gasteiger partial charge >= 0.3 is 0 Å². The summed E-state index contributed by atoms with van der Waals surface area (Å²) in [6.07, 6.45) is 5.29. The third kappa shape index (κ3) is 4.04. The van der Waals surface area contributed by atoms with Crippen molar-refractivity contribution in [1.29, 1.82) is 0 Å². The second-order valence-electron chi connectivity index (χ2n) is 5.25. The van der Waals surface area contributed by atoms with Crippen LogP contribution in [0, 0.1) is 0 Å². The van der Waals surface area contributed by atoms with E-state index in [4.69, 9.17) is 0 Å². The number of rotatable bonds is 5. The van der Waals surface area contributed by atoms with Crippen molar-refractivity contribution in [2.75, 3.05) is 7.05 Å². The fraction of sp³-hybridized carbons (Fsp3) is 0.571. The van der Waals surface area contributed by atoms with Crippen LogP contribution in [0.15, 0.2) is 27.6 Å². The quantitative estimate of drug-likeness (QED) is 0.848. The van der Waals surface area contributed by atoms with Crippen molar-refractivity contribution in [1.82, 2.24) is 10.0 Å². The van der Waals surface area contributed by atoms with Crippen LogP contribution in [0.5, 0.6) is 0 Å². The number of benzene rings is 1. The molecule has 1 saturated carbocycles. The molecule has 1 aliphatic carbocycles. The number of hydrogen-bond acceptors (Lipinski definition) is 3. The summed E-state index contributed by atoms with van der Waals surface area (Å²) < 4.78 is 28.5. The summed E-state index contributed by atoms with van der Waals surface area (Å²) in [5.41, 5.74) is 0.958. The van der Waals surface area contributed by atoms with E-state index in [9.17, 15) is 8.42 Å². The molecule has 6 heteroatoms. The van der Waals surface area contributed by atoms with Crippen LogP contribution in [0.3, 0.4) is 0 Å². The molecule has 2 rings (SSSR count). The maximum Gasteiger partial charge on any atom is 0.241 e. The van der Waals surface area contributed by atoms with Crippen LogP contribution in [0.2, 0.25) is 0 Å². The molecule has 0 aliphatic heterocycles. The van der Waals surface area contributed by atoms with Gasteiger partial charge in [0.25, 0.3) is 0 Å². The average molecular weight is 361 g/mol. The van der Waals surface area contributed by atoms with Crippen molar-refractivity contribution in [3.63, 3.8) is 0 Å². The molecule has 0 atom stereocenters. The van der Waals surface area contributed by atoms with Crippen LogP contribution in [-0.2, 0) is 16.6 Å². The van der Waals surface area contributed by atoms with Crippen LogP contribution in [-0.4, -0.2) is 21.5 Å². The first-order chi connectivity index (χ1) is 9.53. The Labute approximate surface area is 129 Å². The lowest BCUT2D eigenvalue weighted by Gasteiger charge is -2.23. The van der Waals surface area contributed by atoms with Gasteiger partial charge in [-0.3, -0.25) is 0 Å². The van der Waals surface area contributed by atoms with Crippen LogP contribution in [0.4, 0.5) is 0 Å². The van der Waals surface area contributed by atoms with E-state index in [1.165, 1.54) is 6.42 Å². The van der Waals surface area contributed by atoms with Crippen LogP contribution in [0.1, 0.15) is 37.7 Å². The van der Waals surface area contributed by atoms with Crippen molar-refractivity contribution in [2.24, 2.45) is 0 Å². The fourth-order valence-corrected chi connectivity index (χ4v) is 4.89. The first kappa shape index (κ1) is 15.9. The Morgan fingerprint density at radius 1 is 1.25 bits per heavy atom. The summed E-state index contributed by atoms with van der Waals surface area (Å²) in [5.74, 6) is 0. The molecule has 0 aromatic heterocycles. The molecular weight excluding hydrogens is 340 g/mol. The van der Waals surface area contributed by atoms with Crippen molar-refractivity contribution in [3.8, 4) is 0 Å². The lowest BCUT2D eigenvalue weighted by molar-refractivity contribution is 0.412. The maximum atomic E-state index is 12.5. The highest BCUT2D eigenvalue weighted by Gasteiger charge is 2.23. The SMILES string of the molecule is CNCc1ccc(Br)c(S(=O)(=O)NC2CCCCC2)c1. The monoisotopic (exact) mass is 360 g/mol. The molecule has 0 heterocycles. The van der Waals surface area contributed by atoms with Crippen molar-refractivity contribution in [2.45, 2.75) is 49.6 Å². The topological polar surface area (TPSA) is 58.2 Å². The molecule has 1 aromatic carbocycles. The van der Waals surface area contributed by atoms with Gasteiger partial charge in [-0.1, -0.05) is 25.3 Å². The Morgan fingerprint density at radius 3 is 2.60 bits per heavy atom. The minimum Gasteiger partial charge on any atom is -0.316 e. The molecule has 1 aliphatic rings. The van der Waals surface area contributed by atoms with Gasteiger partial charge in [0.05, 0.1) is 4.90 Å². The van der Waals surface area contributed by atoms with Crippen LogP contribution < -0.4 is 10.0 Å². The van der Waals surface area contributed by atoms with Crippen molar-refractivity contribution < 1.29 is 8.42 Å². The summed E-state index contributed by atoms with van der Waals surface area (Å²) in [6, 6.07) is 5.52. The standard InChI is InChI=1S/C14H21BrN2O2S/c1-16-10-11-7-8-13(15)14(9-11)20(18,19)17-12-5-3-2-4-6-12/h7-9,12,16-17H,2-6,10H2,1H3. The van der Waals surface area contributed by atoms with Gasteiger partial charge in [0.2, 0.25) is 10.0 Å². The molecular formula is C14H21BrN2O2S. The Bertz CT molecular complexity index is 554. The second kappa shape index (κ2) is 7.02. The largest absolute Gasteiger partial charge is 0.316 e.